The molecule has 1 heterocycles. The Kier molecular flexibility index (Phi) is 7.53. The van der Waals surface area contributed by atoms with Crippen molar-refractivity contribution in [2.24, 2.45) is 0 Å². The van der Waals surface area contributed by atoms with Gasteiger partial charge in [0.25, 0.3) is 0 Å². The topological polar surface area (TPSA) is 69.8 Å². The van der Waals surface area contributed by atoms with E-state index in [9.17, 15) is 4.79 Å². The number of ketones is 1. The van der Waals surface area contributed by atoms with Gasteiger partial charge in [-0.05, 0) is 29.8 Å². The summed E-state index contributed by atoms with van der Waals surface area (Å²) in [6, 6.07) is 11.3. The van der Waals surface area contributed by atoms with Crippen molar-refractivity contribution in [1.82, 2.24) is 4.98 Å². The van der Waals surface area contributed by atoms with Gasteiger partial charge >= 0.3 is 0 Å². The number of fused-ring (bicyclic) bond motifs is 1. The minimum absolute atomic E-state index is 0.248. The quantitative estimate of drug-likeness (QED) is 0.167. The van der Waals surface area contributed by atoms with E-state index in [-0.39, 0.29) is 11.5 Å². The highest BCUT2D eigenvalue weighted by atomic mass is 28.3. The molecule has 0 saturated carbocycles. The molecule has 0 amide bonds. The number of ether oxygens (including phenoxy) is 4. The molecule has 0 fully saturated rings. The third-order valence-corrected chi connectivity index (χ3v) is 9.15. The third kappa shape index (κ3) is 5.42. The number of aromatic nitrogens is 1. The molecule has 7 heteroatoms. The minimum Gasteiger partial charge on any atom is -0.493 e. The van der Waals surface area contributed by atoms with Gasteiger partial charge in [0.05, 0.1) is 36.0 Å². The molecule has 1 unspecified atom stereocenters. The van der Waals surface area contributed by atoms with Crippen molar-refractivity contribution in [3.05, 3.63) is 59.5 Å². The highest BCUT2D eigenvalue weighted by molar-refractivity contribution is 6.77. The van der Waals surface area contributed by atoms with Crippen LogP contribution in [0.15, 0.2) is 48.4 Å². The maximum absolute atomic E-state index is 13.7. The Morgan fingerprint density at radius 3 is 2.24 bits per heavy atom. The fourth-order valence-electron chi connectivity index (χ4n) is 3.35. The van der Waals surface area contributed by atoms with E-state index >= 15 is 0 Å². The van der Waals surface area contributed by atoms with Crippen LogP contribution in [0.5, 0.6) is 17.2 Å². The van der Waals surface area contributed by atoms with Crippen LogP contribution in [0.25, 0.3) is 17.0 Å². The van der Waals surface area contributed by atoms with E-state index in [0.29, 0.717) is 35.0 Å². The first-order chi connectivity index (χ1) is 15.7. The zero-order valence-corrected chi connectivity index (χ0v) is 21.4. The molecule has 0 aliphatic carbocycles. The van der Waals surface area contributed by atoms with Crippen molar-refractivity contribution in [1.29, 1.82) is 0 Å². The Morgan fingerprint density at radius 2 is 1.67 bits per heavy atom. The van der Waals surface area contributed by atoms with Crippen LogP contribution in [0.4, 0.5) is 0 Å². The molecule has 176 valence electrons. The van der Waals surface area contributed by atoms with Crippen LogP contribution in [0.2, 0.25) is 25.2 Å². The van der Waals surface area contributed by atoms with E-state index in [1.165, 1.54) is 21.3 Å². The molecular weight excluding hydrogens is 434 g/mol. The first-order valence-electron chi connectivity index (χ1n) is 10.9. The maximum Gasteiger partial charge on any atom is 0.227 e. The number of benzene rings is 2. The molecule has 3 rings (SSSR count). The van der Waals surface area contributed by atoms with Crippen LogP contribution in [-0.4, -0.2) is 46.8 Å². The molecule has 0 bridgehead atoms. The summed E-state index contributed by atoms with van der Waals surface area (Å²) >= 11 is 0. The van der Waals surface area contributed by atoms with Gasteiger partial charge in [0.1, 0.15) is 0 Å². The molecule has 0 aliphatic rings. The van der Waals surface area contributed by atoms with E-state index in [0.717, 1.165) is 16.5 Å². The lowest BCUT2D eigenvalue weighted by Gasteiger charge is -2.25. The number of para-hydroxylation sites is 1. The van der Waals surface area contributed by atoms with Crippen molar-refractivity contribution >= 4 is 30.8 Å². The largest absolute Gasteiger partial charge is 0.493 e. The summed E-state index contributed by atoms with van der Waals surface area (Å²) in [4.78, 5) is 16.9. The van der Waals surface area contributed by atoms with Crippen LogP contribution in [0.3, 0.4) is 0 Å². The minimum atomic E-state index is -1.43. The average molecular weight is 468 g/mol. The van der Waals surface area contributed by atoms with Gasteiger partial charge in [-0.1, -0.05) is 44.8 Å². The molecule has 1 atom stereocenters. The number of hydrogen-bond acceptors (Lipinski definition) is 5. The highest BCUT2D eigenvalue weighted by Crippen LogP contribution is 2.39. The Labute approximate surface area is 196 Å². The monoisotopic (exact) mass is 467 g/mol. The Hall–Kier alpha value is -3.19. The number of rotatable bonds is 10. The van der Waals surface area contributed by atoms with Crippen molar-refractivity contribution in [2.45, 2.75) is 32.1 Å². The van der Waals surface area contributed by atoms with Crippen molar-refractivity contribution < 1.29 is 23.7 Å². The fraction of sp³-hybridized carbons (Fsp3) is 0.346. The van der Waals surface area contributed by atoms with Crippen molar-refractivity contribution in [3.63, 3.8) is 0 Å². The van der Waals surface area contributed by atoms with Crippen molar-refractivity contribution in [3.8, 4) is 17.2 Å². The number of H-pyrrole nitrogens is 1. The van der Waals surface area contributed by atoms with Crippen LogP contribution in [0, 0.1) is 0 Å². The second-order valence-corrected chi connectivity index (χ2v) is 14.8. The Balaban J connectivity index is 2.06. The number of carbonyl (C=O) groups excluding carboxylic acids is 1. The number of Topliss-reactive ketones (excluding diaryl/α,β-unsaturated/α-hetero) is 1. The number of hydrogen-bond donors (Lipinski definition) is 1. The zero-order chi connectivity index (χ0) is 24.2. The normalized spacial score (nSPS) is 13.0. The Morgan fingerprint density at radius 1 is 1.03 bits per heavy atom. The molecule has 1 aromatic heterocycles. The number of nitrogens with one attached hydrogen (secondary N) is 1. The first-order valence-corrected chi connectivity index (χ1v) is 14.5. The van der Waals surface area contributed by atoms with Gasteiger partial charge in [-0.15, -0.1) is 0 Å². The summed E-state index contributed by atoms with van der Waals surface area (Å²) in [6.45, 7) is 9.54. The fourth-order valence-corrected chi connectivity index (χ4v) is 3.93. The van der Waals surface area contributed by atoms with Gasteiger partial charge in [-0.25, -0.2) is 0 Å². The number of allylic oxidation sites excluding steroid dienone is 1. The number of carbonyl (C=O) groups is 1. The smallest absolute Gasteiger partial charge is 0.227 e. The van der Waals surface area contributed by atoms with Gasteiger partial charge < -0.3 is 23.9 Å². The van der Waals surface area contributed by atoms with Gasteiger partial charge in [-0.2, -0.15) is 0 Å². The zero-order valence-electron chi connectivity index (χ0n) is 20.4. The summed E-state index contributed by atoms with van der Waals surface area (Å²) in [5, 5.41) is 1.02. The molecule has 0 aliphatic heterocycles. The van der Waals surface area contributed by atoms with Crippen LogP contribution < -0.4 is 14.2 Å². The van der Waals surface area contributed by atoms with Crippen LogP contribution >= 0.6 is 0 Å². The molecule has 0 radical (unpaired) electrons. The lowest BCUT2D eigenvalue weighted by atomic mass is 10.1. The Bertz CT molecular complexity index is 1130. The predicted molar refractivity (Wildman–Crippen MR) is 135 cm³/mol. The first kappa shape index (κ1) is 24.4. The molecule has 0 spiro atoms. The molecular formula is C26H33NO5Si. The third-order valence-electron chi connectivity index (χ3n) is 6.03. The summed E-state index contributed by atoms with van der Waals surface area (Å²) in [7, 11) is 3.16. The summed E-state index contributed by atoms with van der Waals surface area (Å²) in [5.41, 5.74) is 2.66. The maximum atomic E-state index is 13.7. The molecule has 33 heavy (non-hydrogen) atoms. The lowest BCUT2D eigenvalue weighted by molar-refractivity contribution is 0.0921. The molecule has 0 saturated heterocycles. The molecule has 2 aromatic carbocycles. The van der Waals surface area contributed by atoms with Crippen LogP contribution in [0.1, 0.15) is 22.8 Å². The second kappa shape index (κ2) is 10.2. The van der Waals surface area contributed by atoms with E-state index in [2.05, 4.69) is 31.5 Å². The van der Waals surface area contributed by atoms with Gasteiger partial charge in [-0.3, -0.25) is 4.79 Å². The molecule has 1 N–H and O–H groups in total. The van der Waals surface area contributed by atoms with Gasteiger partial charge in [0.2, 0.25) is 11.5 Å². The summed E-state index contributed by atoms with van der Waals surface area (Å²) in [6.07, 6.45) is 3.69. The number of aromatic amines is 1. The number of methoxy groups -OCH3 is 3. The summed E-state index contributed by atoms with van der Waals surface area (Å²) < 4.78 is 22.5. The lowest BCUT2D eigenvalue weighted by Crippen LogP contribution is -2.29. The second-order valence-electron chi connectivity index (χ2n) is 9.12. The molecule has 3 aromatic rings. The van der Waals surface area contributed by atoms with E-state index in [4.69, 9.17) is 18.9 Å². The predicted octanol–water partition coefficient (Wildman–Crippen LogP) is 6.16. The average Bonchev–Trinajstić information content (AvgIpc) is 3.22. The summed E-state index contributed by atoms with van der Waals surface area (Å²) in [5.74, 6) is 1.30. The van der Waals surface area contributed by atoms with Crippen LogP contribution in [-0.2, 0) is 4.74 Å². The van der Waals surface area contributed by atoms with E-state index < -0.39 is 8.07 Å². The highest BCUT2D eigenvalue weighted by Gasteiger charge is 2.26. The standard InChI is InChI=1S/C26H33NO5Si/c1-17(33(5,6)7)16-32-22(14-19-15-27-21-11-9-8-10-20(19)21)25(28)18-12-23(29-2)26(31-4)24(13-18)30-3/h8-15,17,27H,16H2,1-7H3/b22-14+. The van der Waals surface area contributed by atoms with Crippen molar-refractivity contribution in [2.75, 3.05) is 27.9 Å². The molecule has 6 nitrogen and oxygen atoms in total. The SMILES string of the molecule is COc1cc(C(=O)/C(=C\c2c[nH]c3ccccc23)OCC(C)[Si](C)(C)C)cc(OC)c1OC. The van der Waals surface area contributed by atoms with Gasteiger partial charge in [0, 0.05) is 28.2 Å². The van der Waals surface area contributed by atoms with E-state index in [1.54, 1.807) is 18.2 Å². The van der Waals surface area contributed by atoms with Gasteiger partial charge in [0.15, 0.2) is 17.3 Å². The van der Waals surface area contributed by atoms with E-state index in [1.807, 2.05) is 30.5 Å².